The van der Waals surface area contributed by atoms with E-state index in [9.17, 15) is 0 Å². The largest absolute Gasteiger partial charge is 0.360 e. The molecule has 15 heavy (non-hydrogen) atoms. The highest BCUT2D eigenvalue weighted by molar-refractivity contribution is 5.00. The van der Waals surface area contributed by atoms with Crippen molar-refractivity contribution in [1.82, 2.24) is 20.3 Å². The smallest absolute Gasteiger partial charge is 0.150 e. The van der Waals surface area contributed by atoms with Crippen LogP contribution in [-0.4, -0.2) is 21.5 Å². The lowest BCUT2D eigenvalue weighted by Crippen LogP contribution is -2.17. The molecule has 0 amide bonds. The molecular formula is C10H14N4O. The molecule has 2 rings (SSSR count). The van der Waals surface area contributed by atoms with E-state index in [2.05, 4.69) is 15.6 Å². The van der Waals surface area contributed by atoms with Crippen LogP contribution in [-0.2, 0) is 20.0 Å². The number of hydrogen-bond donors (Lipinski definition) is 1. The zero-order valence-corrected chi connectivity index (χ0v) is 8.68. The molecule has 0 aliphatic carbocycles. The van der Waals surface area contributed by atoms with Gasteiger partial charge >= 0.3 is 0 Å². The lowest BCUT2D eigenvalue weighted by molar-refractivity contribution is 0.373. The molecule has 2 aromatic heterocycles. The highest BCUT2D eigenvalue weighted by Gasteiger charge is 1.99. The summed E-state index contributed by atoms with van der Waals surface area (Å²) in [6.45, 7) is 1.62. The van der Waals surface area contributed by atoms with E-state index in [0.29, 0.717) is 0 Å². The molecule has 0 atom stereocenters. The second kappa shape index (κ2) is 4.75. The van der Waals surface area contributed by atoms with Crippen LogP contribution < -0.4 is 5.32 Å². The fourth-order valence-corrected chi connectivity index (χ4v) is 1.41. The molecule has 0 saturated heterocycles. The van der Waals surface area contributed by atoms with E-state index >= 15 is 0 Å². The molecule has 0 aromatic carbocycles. The monoisotopic (exact) mass is 206 g/mol. The number of aryl methyl sites for hydroxylation is 1. The Balaban J connectivity index is 1.70. The first-order valence-electron chi connectivity index (χ1n) is 4.93. The van der Waals surface area contributed by atoms with Crippen molar-refractivity contribution >= 4 is 0 Å². The van der Waals surface area contributed by atoms with Crippen molar-refractivity contribution in [2.24, 2.45) is 7.05 Å². The Labute approximate surface area is 88.1 Å². The Morgan fingerprint density at radius 1 is 1.40 bits per heavy atom. The molecule has 0 saturated carbocycles. The highest BCUT2D eigenvalue weighted by atomic mass is 16.5. The summed E-state index contributed by atoms with van der Waals surface area (Å²) in [5.74, 6) is 0.861. The Hall–Kier alpha value is -1.62. The maximum absolute atomic E-state index is 4.96. The lowest BCUT2D eigenvalue weighted by atomic mass is 10.3. The molecular weight excluding hydrogens is 192 g/mol. The van der Waals surface area contributed by atoms with Gasteiger partial charge in [0, 0.05) is 38.0 Å². The molecule has 0 bridgehead atoms. The number of hydrogen-bond acceptors (Lipinski definition) is 4. The molecule has 0 aliphatic rings. The number of rotatable bonds is 5. The van der Waals surface area contributed by atoms with Gasteiger partial charge in [0.05, 0.1) is 12.7 Å². The van der Waals surface area contributed by atoms with Gasteiger partial charge in [-0.2, -0.15) is 5.10 Å². The van der Waals surface area contributed by atoms with Gasteiger partial charge in [-0.15, -0.1) is 0 Å². The predicted octanol–water partition coefficient (Wildman–Crippen LogP) is 0.740. The quantitative estimate of drug-likeness (QED) is 0.733. The second-order valence-electron chi connectivity index (χ2n) is 3.35. The standard InChI is InChI=1S/C10H14N4O/c1-14-9(3-6-12-14)2-5-11-8-10-4-7-13-15-10/h3-4,6-7,11H,2,5,8H2,1H3. The van der Waals surface area contributed by atoms with E-state index in [1.807, 2.05) is 30.1 Å². The summed E-state index contributed by atoms with van der Waals surface area (Å²) < 4.78 is 6.85. The average Bonchev–Trinajstić information content (AvgIpc) is 2.85. The first kappa shape index (κ1) is 9.92. The number of aromatic nitrogens is 3. The molecule has 1 N–H and O–H groups in total. The maximum atomic E-state index is 4.96. The number of nitrogens with one attached hydrogen (secondary N) is 1. The molecule has 0 unspecified atom stereocenters. The second-order valence-corrected chi connectivity index (χ2v) is 3.35. The average molecular weight is 206 g/mol. The van der Waals surface area contributed by atoms with Gasteiger partial charge in [-0.3, -0.25) is 4.68 Å². The molecule has 2 heterocycles. The molecule has 5 nitrogen and oxygen atoms in total. The molecule has 0 spiro atoms. The number of nitrogens with zero attached hydrogens (tertiary/aromatic N) is 3. The summed E-state index contributed by atoms with van der Waals surface area (Å²) in [5.41, 5.74) is 1.22. The molecule has 0 aliphatic heterocycles. The van der Waals surface area contributed by atoms with Crippen molar-refractivity contribution < 1.29 is 4.52 Å². The van der Waals surface area contributed by atoms with Crippen LogP contribution >= 0.6 is 0 Å². The van der Waals surface area contributed by atoms with Crippen molar-refractivity contribution in [3.63, 3.8) is 0 Å². The third kappa shape index (κ3) is 2.66. The Kier molecular flexibility index (Phi) is 3.14. The first-order chi connectivity index (χ1) is 7.36. The van der Waals surface area contributed by atoms with Gasteiger partial charge in [-0.1, -0.05) is 5.16 Å². The first-order valence-corrected chi connectivity index (χ1v) is 4.93. The third-order valence-electron chi connectivity index (χ3n) is 2.27. The fraction of sp³-hybridized carbons (Fsp3) is 0.400. The van der Waals surface area contributed by atoms with Crippen LogP contribution in [0, 0.1) is 0 Å². The van der Waals surface area contributed by atoms with E-state index in [0.717, 1.165) is 25.3 Å². The minimum absolute atomic E-state index is 0.720. The minimum atomic E-state index is 0.720. The van der Waals surface area contributed by atoms with E-state index < -0.39 is 0 Å². The molecule has 0 radical (unpaired) electrons. The van der Waals surface area contributed by atoms with Crippen LogP contribution in [0.3, 0.4) is 0 Å². The summed E-state index contributed by atoms with van der Waals surface area (Å²) in [6, 6.07) is 3.88. The van der Waals surface area contributed by atoms with E-state index in [1.165, 1.54) is 5.69 Å². The van der Waals surface area contributed by atoms with Crippen molar-refractivity contribution in [1.29, 1.82) is 0 Å². The predicted molar refractivity (Wildman–Crippen MR) is 55.1 cm³/mol. The minimum Gasteiger partial charge on any atom is -0.360 e. The zero-order chi connectivity index (χ0) is 10.5. The van der Waals surface area contributed by atoms with Gasteiger partial charge in [-0.25, -0.2) is 0 Å². The van der Waals surface area contributed by atoms with Gasteiger partial charge in [0.25, 0.3) is 0 Å². The maximum Gasteiger partial charge on any atom is 0.150 e. The van der Waals surface area contributed by atoms with Crippen LogP contribution in [0.1, 0.15) is 11.5 Å². The van der Waals surface area contributed by atoms with Crippen LogP contribution in [0.4, 0.5) is 0 Å². The summed E-state index contributed by atoms with van der Waals surface area (Å²) in [6.07, 6.45) is 4.43. The summed E-state index contributed by atoms with van der Waals surface area (Å²) in [4.78, 5) is 0. The van der Waals surface area contributed by atoms with E-state index in [-0.39, 0.29) is 0 Å². The summed E-state index contributed by atoms with van der Waals surface area (Å²) >= 11 is 0. The SMILES string of the molecule is Cn1nccc1CCNCc1ccno1. The topological polar surface area (TPSA) is 55.9 Å². The van der Waals surface area contributed by atoms with Gasteiger partial charge in [0.1, 0.15) is 5.76 Å². The van der Waals surface area contributed by atoms with Crippen molar-refractivity contribution in [3.8, 4) is 0 Å². The normalized spacial score (nSPS) is 10.7. The fourth-order valence-electron chi connectivity index (χ4n) is 1.41. The molecule has 0 fully saturated rings. The third-order valence-corrected chi connectivity index (χ3v) is 2.27. The Morgan fingerprint density at radius 3 is 3.00 bits per heavy atom. The van der Waals surface area contributed by atoms with Crippen LogP contribution in [0.2, 0.25) is 0 Å². The highest BCUT2D eigenvalue weighted by Crippen LogP contribution is 1.98. The Bertz CT molecular complexity index is 393. The van der Waals surface area contributed by atoms with Gasteiger partial charge < -0.3 is 9.84 Å². The van der Waals surface area contributed by atoms with Gasteiger partial charge in [0.15, 0.2) is 0 Å². The molecule has 5 heteroatoms. The lowest BCUT2D eigenvalue weighted by Gasteiger charge is -2.02. The van der Waals surface area contributed by atoms with E-state index in [1.54, 1.807) is 6.20 Å². The van der Waals surface area contributed by atoms with Crippen molar-refractivity contribution in [3.05, 3.63) is 36.0 Å². The summed E-state index contributed by atoms with van der Waals surface area (Å²) in [7, 11) is 1.95. The zero-order valence-electron chi connectivity index (χ0n) is 8.68. The van der Waals surface area contributed by atoms with Crippen molar-refractivity contribution in [2.45, 2.75) is 13.0 Å². The Morgan fingerprint density at radius 2 is 2.33 bits per heavy atom. The van der Waals surface area contributed by atoms with Crippen LogP contribution in [0.15, 0.2) is 29.0 Å². The van der Waals surface area contributed by atoms with E-state index in [4.69, 9.17) is 4.52 Å². The van der Waals surface area contributed by atoms with Gasteiger partial charge in [0.2, 0.25) is 0 Å². The van der Waals surface area contributed by atoms with Crippen molar-refractivity contribution in [2.75, 3.05) is 6.54 Å². The van der Waals surface area contributed by atoms with Crippen LogP contribution in [0.25, 0.3) is 0 Å². The molecule has 2 aromatic rings. The van der Waals surface area contributed by atoms with Gasteiger partial charge in [-0.05, 0) is 6.07 Å². The van der Waals surface area contributed by atoms with Crippen LogP contribution in [0.5, 0.6) is 0 Å². The molecule has 80 valence electrons. The summed E-state index contributed by atoms with van der Waals surface area (Å²) in [5, 5.41) is 11.0.